The lowest BCUT2D eigenvalue weighted by atomic mass is 10.0. The first kappa shape index (κ1) is 18.5. The van der Waals surface area contributed by atoms with E-state index >= 15 is 0 Å². The number of amides is 1. The van der Waals surface area contributed by atoms with E-state index in [0.29, 0.717) is 22.1 Å². The largest absolute Gasteiger partial charge is 0.493 e. The summed E-state index contributed by atoms with van der Waals surface area (Å²) in [6.07, 6.45) is 0. The number of carbonyl (C=O) groups is 2. The number of anilines is 1. The average molecular weight is 358 g/mol. The van der Waals surface area contributed by atoms with Crippen LogP contribution in [-0.2, 0) is 4.79 Å². The molecular weight excluding hydrogens is 340 g/mol. The highest BCUT2D eigenvalue weighted by Gasteiger charge is 2.29. The molecule has 130 valence electrons. The summed E-state index contributed by atoms with van der Waals surface area (Å²) in [4.78, 5) is 26.3. The number of rotatable bonds is 6. The van der Waals surface area contributed by atoms with Gasteiger partial charge in [-0.2, -0.15) is 5.26 Å². The van der Waals surface area contributed by atoms with Gasteiger partial charge in [0.2, 0.25) is 5.91 Å². The maximum Gasteiger partial charge on any atom is 0.249 e. The zero-order valence-electron chi connectivity index (χ0n) is 14.4. The molecule has 0 spiro atoms. The van der Waals surface area contributed by atoms with Gasteiger partial charge in [0.1, 0.15) is 0 Å². The molecule has 2 rings (SSSR count). The summed E-state index contributed by atoms with van der Waals surface area (Å²) in [5.41, 5.74) is 1.37. The SMILES string of the molecule is COc1ccc(NC(=O)C(C#N)C(=O)c2cc(C)c(C)s2)cc1OC. The summed E-state index contributed by atoms with van der Waals surface area (Å²) in [5.74, 6) is -1.64. The van der Waals surface area contributed by atoms with Gasteiger partial charge in [0.05, 0.1) is 25.2 Å². The Morgan fingerprint density at radius 3 is 2.36 bits per heavy atom. The lowest BCUT2D eigenvalue weighted by Crippen LogP contribution is -2.28. The highest BCUT2D eigenvalue weighted by atomic mass is 32.1. The zero-order chi connectivity index (χ0) is 18.6. The molecule has 0 fully saturated rings. The lowest BCUT2D eigenvalue weighted by Gasteiger charge is -2.12. The minimum atomic E-state index is -1.41. The van der Waals surface area contributed by atoms with E-state index in [2.05, 4.69) is 5.32 Å². The van der Waals surface area contributed by atoms with Gasteiger partial charge >= 0.3 is 0 Å². The van der Waals surface area contributed by atoms with Gasteiger partial charge in [0.15, 0.2) is 23.2 Å². The second-order valence-electron chi connectivity index (χ2n) is 5.34. The second-order valence-corrected chi connectivity index (χ2v) is 6.59. The van der Waals surface area contributed by atoms with E-state index in [4.69, 9.17) is 9.47 Å². The Morgan fingerprint density at radius 1 is 1.16 bits per heavy atom. The molecule has 1 unspecified atom stereocenters. The standard InChI is InChI=1S/C18H18N2O4S/c1-10-7-16(25-11(10)2)17(21)13(9-19)18(22)20-12-5-6-14(23-3)15(8-12)24-4/h5-8,13H,1-4H3,(H,20,22). The van der Waals surface area contributed by atoms with Crippen LogP contribution >= 0.6 is 11.3 Å². The van der Waals surface area contributed by atoms with Crippen LogP contribution in [0.25, 0.3) is 0 Å². The molecule has 0 bridgehead atoms. The van der Waals surface area contributed by atoms with Crippen LogP contribution in [0.4, 0.5) is 5.69 Å². The number of ketones is 1. The number of Topliss-reactive ketones (excluding diaryl/α,β-unsaturated/α-hetero) is 1. The van der Waals surface area contributed by atoms with Crippen LogP contribution in [0.1, 0.15) is 20.1 Å². The van der Waals surface area contributed by atoms with Crippen molar-refractivity contribution >= 4 is 28.7 Å². The number of nitrogens with zero attached hydrogens (tertiary/aromatic N) is 1. The molecule has 6 nitrogen and oxygen atoms in total. The van der Waals surface area contributed by atoms with E-state index in [1.807, 2.05) is 13.8 Å². The van der Waals surface area contributed by atoms with Crippen LogP contribution in [0.3, 0.4) is 0 Å². The maximum absolute atomic E-state index is 12.5. The number of aryl methyl sites for hydroxylation is 2. The number of methoxy groups -OCH3 is 2. The molecule has 1 aromatic carbocycles. The third-order valence-corrected chi connectivity index (χ3v) is 4.88. The van der Waals surface area contributed by atoms with Crippen molar-refractivity contribution in [3.8, 4) is 17.6 Å². The quantitative estimate of drug-likeness (QED) is 0.632. The summed E-state index contributed by atoms with van der Waals surface area (Å²) in [5, 5.41) is 11.9. The Morgan fingerprint density at radius 2 is 1.84 bits per heavy atom. The van der Waals surface area contributed by atoms with E-state index in [1.54, 1.807) is 30.3 Å². The summed E-state index contributed by atoms with van der Waals surface area (Å²) in [6.45, 7) is 3.77. The predicted molar refractivity (Wildman–Crippen MR) is 95.4 cm³/mol. The van der Waals surface area contributed by atoms with Gasteiger partial charge in [-0.25, -0.2) is 0 Å². The van der Waals surface area contributed by atoms with Crippen LogP contribution in [0.15, 0.2) is 24.3 Å². The second kappa shape index (κ2) is 7.81. The molecule has 1 N–H and O–H groups in total. The molecule has 7 heteroatoms. The summed E-state index contributed by atoms with van der Waals surface area (Å²) >= 11 is 1.28. The van der Waals surface area contributed by atoms with Gasteiger partial charge in [-0.1, -0.05) is 0 Å². The number of hydrogen-bond acceptors (Lipinski definition) is 6. The first-order chi connectivity index (χ1) is 11.9. The van der Waals surface area contributed by atoms with Crippen molar-refractivity contribution in [3.05, 3.63) is 39.6 Å². The van der Waals surface area contributed by atoms with E-state index < -0.39 is 17.6 Å². The fourth-order valence-electron chi connectivity index (χ4n) is 2.20. The first-order valence-corrected chi connectivity index (χ1v) is 8.26. The van der Waals surface area contributed by atoms with E-state index in [1.165, 1.54) is 25.6 Å². The third kappa shape index (κ3) is 3.98. The third-order valence-electron chi connectivity index (χ3n) is 3.71. The zero-order valence-corrected chi connectivity index (χ0v) is 15.2. The van der Waals surface area contributed by atoms with Crippen LogP contribution < -0.4 is 14.8 Å². The van der Waals surface area contributed by atoms with E-state index in [9.17, 15) is 14.9 Å². The number of benzene rings is 1. The molecule has 1 aromatic heterocycles. The topological polar surface area (TPSA) is 88.4 Å². The van der Waals surface area contributed by atoms with Gasteiger partial charge in [-0.05, 0) is 37.6 Å². The lowest BCUT2D eigenvalue weighted by molar-refractivity contribution is -0.117. The number of ether oxygens (including phenoxy) is 2. The van der Waals surface area contributed by atoms with E-state index in [-0.39, 0.29) is 0 Å². The van der Waals surface area contributed by atoms with Crippen molar-refractivity contribution in [1.29, 1.82) is 5.26 Å². The summed E-state index contributed by atoms with van der Waals surface area (Å²) < 4.78 is 10.3. The van der Waals surface area contributed by atoms with Gasteiger partial charge in [-0.3, -0.25) is 9.59 Å². The van der Waals surface area contributed by atoms with Gasteiger partial charge in [0.25, 0.3) is 0 Å². The molecule has 25 heavy (non-hydrogen) atoms. The Hall–Kier alpha value is -2.85. The Labute approximate surface area is 150 Å². The fourth-order valence-corrected chi connectivity index (χ4v) is 3.21. The number of thiophene rings is 1. The van der Waals surface area contributed by atoms with Crippen LogP contribution in [0.2, 0.25) is 0 Å². The average Bonchev–Trinajstić information content (AvgIpc) is 2.94. The Balaban J connectivity index is 2.20. The molecule has 2 aromatic rings. The minimum absolute atomic E-state index is 0.406. The number of hydrogen-bond donors (Lipinski definition) is 1. The number of carbonyl (C=O) groups excluding carboxylic acids is 2. The monoisotopic (exact) mass is 358 g/mol. The predicted octanol–water partition coefficient (Wildman–Crippen LogP) is 3.34. The molecule has 1 amide bonds. The number of nitriles is 1. The maximum atomic E-state index is 12.5. The molecule has 0 aliphatic rings. The molecule has 1 heterocycles. The summed E-state index contributed by atoms with van der Waals surface area (Å²) in [7, 11) is 2.98. The molecule has 0 aliphatic heterocycles. The molecule has 0 radical (unpaired) electrons. The van der Waals surface area contributed by atoms with Crippen molar-refractivity contribution in [1.82, 2.24) is 0 Å². The smallest absolute Gasteiger partial charge is 0.249 e. The first-order valence-electron chi connectivity index (χ1n) is 7.45. The van der Waals surface area contributed by atoms with Crippen molar-refractivity contribution in [3.63, 3.8) is 0 Å². The fraction of sp³-hybridized carbons (Fsp3) is 0.278. The van der Waals surface area contributed by atoms with Gasteiger partial charge in [-0.15, -0.1) is 11.3 Å². The van der Waals surface area contributed by atoms with Crippen molar-refractivity contribution in [2.45, 2.75) is 13.8 Å². The van der Waals surface area contributed by atoms with Crippen molar-refractivity contribution in [2.75, 3.05) is 19.5 Å². The minimum Gasteiger partial charge on any atom is -0.493 e. The molecule has 0 saturated carbocycles. The number of nitrogens with one attached hydrogen (secondary N) is 1. The highest BCUT2D eigenvalue weighted by Crippen LogP contribution is 2.30. The molecule has 0 aliphatic carbocycles. The highest BCUT2D eigenvalue weighted by molar-refractivity contribution is 7.14. The van der Waals surface area contributed by atoms with Crippen molar-refractivity contribution in [2.24, 2.45) is 5.92 Å². The van der Waals surface area contributed by atoms with Gasteiger partial charge < -0.3 is 14.8 Å². The van der Waals surface area contributed by atoms with Crippen LogP contribution in [-0.4, -0.2) is 25.9 Å². The molecule has 0 saturated heterocycles. The molecule has 1 atom stereocenters. The van der Waals surface area contributed by atoms with E-state index in [0.717, 1.165) is 10.4 Å². The Kier molecular flexibility index (Phi) is 5.78. The van der Waals surface area contributed by atoms with Gasteiger partial charge in [0, 0.05) is 16.6 Å². The normalized spacial score (nSPS) is 11.3. The molecular formula is C18H18N2O4S. The Bertz CT molecular complexity index is 832. The van der Waals surface area contributed by atoms with Crippen molar-refractivity contribution < 1.29 is 19.1 Å². The van der Waals surface area contributed by atoms with Crippen LogP contribution in [0.5, 0.6) is 11.5 Å². The van der Waals surface area contributed by atoms with Crippen LogP contribution in [0, 0.1) is 31.1 Å². The summed E-state index contributed by atoms with van der Waals surface area (Å²) in [6, 6.07) is 8.30.